The van der Waals surface area contributed by atoms with Crippen LogP contribution in [0.3, 0.4) is 0 Å². The molecule has 178 valence electrons. The molecular formula is C27H25FN4O3. The number of carbonyl (C=O) groups excluding carboxylic acids is 2. The first-order chi connectivity index (χ1) is 17.0. The Morgan fingerprint density at radius 1 is 0.971 bits per heavy atom. The van der Waals surface area contributed by atoms with Crippen LogP contribution in [0.15, 0.2) is 71.3 Å². The summed E-state index contributed by atoms with van der Waals surface area (Å²) in [6.45, 7) is 1.46. The van der Waals surface area contributed by atoms with E-state index in [0.717, 1.165) is 31.2 Å². The zero-order valence-electron chi connectivity index (χ0n) is 19.3. The molecule has 1 aliphatic carbocycles. The molecule has 4 aromatic rings. The second-order valence-corrected chi connectivity index (χ2v) is 8.64. The van der Waals surface area contributed by atoms with Gasteiger partial charge < -0.3 is 19.6 Å². The Balaban J connectivity index is 1.66. The topological polar surface area (TPSA) is 89.2 Å². The predicted octanol–water partition coefficient (Wildman–Crippen LogP) is 6.28. The molecule has 2 heterocycles. The molecule has 2 amide bonds. The summed E-state index contributed by atoms with van der Waals surface area (Å²) < 4.78 is 21.1. The highest BCUT2D eigenvalue weighted by atomic mass is 19.1. The van der Waals surface area contributed by atoms with Crippen LogP contribution in [0.2, 0.25) is 0 Å². The van der Waals surface area contributed by atoms with Crippen LogP contribution in [0.5, 0.6) is 0 Å². The quantitative estimate of drug-likeness (QED) is 0.346. The van der Waals surface area contributed by atoms with Gasteiger partial charge in [0.05, 0.1) is 6.26 Å². The van der Waals surface area contributed by atoms with Crippen molar-refractivity contribution in [2.24, 2.45) is 0 Å². The Labute approximate surface area is 202 Å². The highest BCUT2D eigenvalue weighted by Crippen LogP contribution is 2.41. The summed E-state index contributed by atoms with van der Waals surface area (Å²) >= 11 is 0. The summed E-state index contributed by atoms with van der Waals surface area (Å²) in [6, 6.07) is 16.9. The van der Waals surface area contributed by atoms with Crippen molar-refractivity contribution >= 4 is 23.3 Å². The molecule has 1 saturated carbocycles. The molecule has 7 nitrogen and oxygen atoms in total. The van der Waals surface area contributed by atoms with E-state index in [2.05, 4.69) is 15.2 Å². The lowest BCUT2D eigenvalue weighted by Gasteiger charge is -2.19. The number of aromatic nitrogens is 2. The van der Waals surface area contributed by atoms with Crippen molar-refractivity contribution in [1.29, 1.82) is 0 Å². The van der Waals surface area contributed by atoms with Crippen LogP contribution < -0.4 is 10.6 Å². The molecule has 0 spiro atoms. The average molecular weight is 473 g/mol. The minimum atomic E-state index is -0.384. The number of rotatable bonds is 6. The number of hydrogen-bond acceptors (Lipinski definition) is 4. The lowest BCUT2D eigenvalue weighted by atomic mass is 10.1. The second kappa shape index (κ2) is 9.58. The van der Waals surface area contributed by atoms with Gasteiger partial charge in [0.1, 0.15) is 23.2 Å². The molecule has 0 unspecified atom stereocenters. The van der Waals surface area contributed by atoms with Crippen LogP contribution in [0, 0.1) is 5.82 Å². The molecule has 0 saturated heterocycles. The van der Waals surface area contributed by atoms with E-state index in [4.69, 9.17) is 9.40 Å². The molecule has 2 aromatic heterocycles. The Morgan fingerprint density at radius 2 is 1.66 bits per heavy atom. The lowest BCUT2D eigenvalue weighted by molar-refractivity contribution is -0.114. The van der Waals surface area contributed by atoms with Crippen LogP contribution in [-0.2, 0) is 4.79 Å². The van der Waals surface area contributed by atoms with Gasteiger partial charge in [0.25, 0.3) is 5.91 Å². The monoisotopic (exact) mass is 472 g/mol. The van der Waals surface area contributed by atoms with Crippen molar-refractivity contribution in [2.75, 3.05) is 10.6 Å². The first-order valence-corrected chi connectivity index (χ1v) is 11.6. The number of hydrogen-bond donors (Lipinski definition) is 2. The van der Waals surface area contributed by atoms with Gasteiger partial charge >= 0.3 is 0 Å². The van der Waals surface area contributed by atoms with Gasteiger partial charge in [-0.3, -0.25) is 9.59 Å². The van der Waals surface area contributed by atoms with Crippen molar-refractivity contribution < 1.29 is 18.4 Å². The van der Waals surface area contributed by atoms with Crippen LogP contribution in [-0.4, -0.2) is 21.4 Å². The number of halogens is 1. The lowest BCUT2D eigenvalue weighted by Crippen LogP contribution is -2.17. The smallest absolute Gasteiger partial charge is 0.292 e. The summed E-state index contributed by atoms with van der Waals surface area (Å²) in [5, 5.41) is 5.79. The van der Waals surface area contributed by atoms with Crippen molar-refractivity contribution in [3.05, 3.63) is 78.5 Å². The Bertz CT molecular complexity index is 1340. The van der Waals surface area contributed by atoms with E-state index in [1.165, 1.54) is 25.3 Å². The molecule has 1 fully saturated rings. The molecule has 0 atom stereocenters. The minimum absolute atomic E-state index is 0.147. The minimum Gasteiger partial charge on any atom is -0.459 e. The number of anilines is 2. The van der Waals surface area contributed by atoms with Gasteiger partial charge in [0, 0.05) is 29.8 Å². The maximum atomic E-state index is 13.7. The number of furan rings is 1. The molecule has 8 heteroatoms. The third-order valence-electron chi connectivity index (χ3n) is 6.16. The van der Waals surface area contributed by atoms with Crippen molar-refractivity contribution in [2.45, 2.75) is 38.6 Å². The van der Waals surface area contributed by atoms with Crippen molar-refractivity contribution in [1.82, 2.24) is 9.55 Å². The summed E-state index contributed by atoms with van der Waals surface area (Å²) in [7, 11) is 0. The summed E-state index contributed by atoms with van der Waals surface area (Å²) in [5.41, 5.74) is 2.77. The SMILES string of the molecule is CC(=O)Nc1ccc(-c2nc(-c3ccc(F)cc3)c(NC(=O)c3ccco3)n2C2CCCC2)cc1. The summed E-state index contributed by atoms with van der Waals surface area (Å²) in [6.07, 6.45) is 5.54. The van der Waals surface area contributed by atoms with Crippen molar-refractivity contribution in [3.8, 4) is 22.6 Å². The second-order valence-electron chi connectivity index (χ2n) is 8.64. The van der Waals surface area contributed by atoms with E-state index >= 15 is 0 Å². The Hall–Kier alpha value is -4.20. The fourth-order valence-electron chi connectivity index (χ4n) is 4.57. The van der Waals surface area contributed by atoms with Gasteiger partial charge in [-0.25, -0.2) is 9.37 Å². The molecule has 0 bridgehead atoms. The Morgan fingerprint density at radius 3 is 2.29 bits per heavy atom. The van der Waals surface area contributed by atoms with Gasteiger partial charge in [-0.05, 0) is 73.5 Å². The predicted molar refractivity (Wildman–Crippen MR) is 132 cm³/mol. The maximum Gasteiger partial charge on any atom is 0.292 e. The largest absolute Gasteiger partial charge is 0.459 e. The third kappa shape index (κ3) is 4.73. The maximum absolute atomic E-state index is 13.7. The van der Waals surface area contributed by atoms with Gasteiger partial charge in [0.15, 0.2) is 5.76 Å². The summed E-state index contributed by atoms with van der Waals surface area (Å²) in [5.74, 6) is 0.553. The van der Waals surface area contributed by atoms with E-state index in [9.17, 15) is 14.0 Å². The van der Waals surface area contributed by atoms with Crippen molar-refractivity contribution in [3.63, 3.8) is 0 Å². The normalized spacial score (nSPS) is 13.7. The molecule has 2 aromatic carbocycles. The van der Waals surface area contributed by atoms with Crippen LogP contribution >= 0.6 is 0 Å². The number of amides is 2. The summed E-state index contributed by atoms with van der Waals surface area (Å²) in [4.78, 5) is 29.4. The highest BCUT2D eigenvalue weighted by Gasteiger charge is 2.29. The first-order valence-electron chi connectivity index (χ1n) is 11.6. The van der Waals surface area contributed by atoms with E-state index < -0.39 is 0 Å². The fourth-order valence-corrected chi connectivity index (χ4v) is 4.57. The molecule has 2 N–H and O–H groups in total. The fraction of sp³-hybridized carbons (Fsp3) is 0.222. The first kappa shape index (κ1) is 22.6. The van der Waals surface area contributed by atoms with Crippen LogP contribution in [0.25, 0.3) is 22.6 Å². The molecule has 35 heavy (non-hydrogen) atoms. The average Bonchev–Trinajstić information content (AvgIpc) is 3.61. The zero-order chi connectivity index (χ0) is 24.4. The van der Waals surface area contributed by atoms with Crippen LogP contribution in [0.1, 0.15) is 49.2 Å². The zero-order valence-corrected chi connectivity index (χ0v) is 19.3. The highest BCUT2D eigenvalue weighted by molar-refractivity contribution is 6.04. The van der Waals surface area contributed by atoms with Gasteiger partial charge in [0.2, 0.25) is 5.91 Å². The number of imidazole rings is 1. The van der Waals surface area contributed by atoms with Gasteiger partial charge in [-0.1, -0.05) is 12.8 Å². The standard InChI is InChI=1S/C27H25FN4O3/c1-17(33)29-21-14-10-19(11-15-21)25-30-24(18-8-12-20(28)13-9-18)26(32(25)22-5-2-3-6-22)31-27(34)23-7-4-16-35-23/h4,7-16,22H,2-3,5-6H2,1H3,(H,29,33)(H,31,34). The molecular weight excluding hydrogens is 447 g/mol. The van der Waals surface area contributed by atoms with E-state index in [1.807, 2.05) is 24.3 Å². The molecule has 1 aliphatic rings. The number of carbonyl (C=O) groups is 2. The van der Waals surface area contributed by atoms with E-state index in [0.29, 0.717) is 28.6 Å². The molecule has 0 aliphatic heterocycles. The van der Waals surface area contributed by atoms with Gasteiger partial charge in [-0.15, -0.1) is 0 Å². The molecule has 0 radical (unpaired) electrons. The Kier molecular flexibility index (Phi) is 6.18. The molecule has 5 rings (SSSR count). The number of nitrogens with zero attached hydrogens (tertiary/aromatic N) is 2. The van der Waals surface area contributed by atoms with Gasteiger partial charge in [-0.2, -0.15) is 0 Å². The van der Waals surface area contributed by atoms with E-state index in [-0.39, 0.29) is 29.4 Å². The van der Waals surface area contributed by atoms with Crippen LogP contribution in [0.4, 0.5) is 15.9 Å². The van der Waals surface area contributed by atoms with E-state index in [1.54, 1.807) is 24.3 Å². The number of benzene rings is 2. The number of nitrogens with one attached hydrogen (secondary N) is 2. The third-order valence-corrected chi connectivity index (χ3v) is 6.16.